The van der Waals surface area contributed by atoms with Crippen LogP contribution in [0.4, 0.5) is 11.6 Å². The molecule has 0 unspecified atom stereocenters. The largest absolute Gasteiger partial charge is 0.368 e. The highest BCUT2D eigenvalue weighted by molar-refractivity contribution is 5.62. The molecule has 1 aromatic heterocycles. The third-order valence-electron chi connectivity index (χ3n) is 2.25. The van der Waals surface area contributed by atoms with E-state index in [-0.39, 0.29) is 11.6 Å². The minimum absolute atomic E-state index is 0.0486. The first-order valence-electron chi connectivity index (χ1n) is 4.92. The lowest BCUT2D eigenvalue weighted by Gasteiger charge is -2.02. The smallest absolute Gasteiger partial charge is 0.269 e. The number of aromatic nitrogens is 2. The Bertz CT molecular complexity index is 546. The normalized spacial score (nSPS) is 10.2. The van der Waals surface area contributed by atoms with Crippen molar-refractivity contribution in [3.8, 4) is 11.3 Å². The Labute approximate surface area is 97.3 Å². The number of nitrogens with zero attached hydrogens (tertiary/aromatic N) is 3. The number of aryl methyl sites for hydroxylation is 1. The number of hydrogen-bond acceptors (Lipinski definition) is 5. The molecule has 86 valence electrons. The highest BCUT2D eigenvalue weighted by Crippen LogP contribution is 2.21. The van der Waals surface area contributed by atoms with Crippen molar-refractivity contribution in [1.29, 1.82) is 0 Å². The molecule has 0 aliphatic heterocycles. The van der Waals surface area contributed by atoms with Gasteiger partial charge in [0.2, 0.25) is 5.95 Å². The van der Waals surface area contributed by atoms with E-state index >= 15 is 0 Å². The van der Waals surface area contributed by atoms with Gasteiger partial charge in [-0.1, -0.05) is 0 Å². The molecule has 2 N–H and O–H groups in total. The second-order valence-electron chi connectivity index (χ2n) is 3.56. The van der Waals surface area contributed by atoms with E-state index in [2.05, 4.69) is 9.97 Å². The van der Waals surface area contributed by atoms with E-state index in [1.54, 1.807) is 18.2 Å². The number of nitrogens with two attached hydrogens (primary N) is 1. The number of hydrogen-bond donors (Lipinski definition) is 1. The second kappa shape index (κ2) is 4.17. The highest BCUT2D eigenvalue weighted by atomic mass is 16.6. The molecule has 0 amide bonds. The SMILES string of the molecule is Cc1cc(-c2ccc([N+](=O)[O-])cc2)nc(N)n1. The summed E-state index contributed by atoms with van der Waals surface area (Å²) in [5.74, 6) is 0.193. The van der Waals surface area contributed by atoms with Crippen LogP contribution in [0.3, 0.4) is 0 Å². The summed E-state index contributed by atoms with van der Waals surface area (Å²) in [7, 11) is 0. The fraction of sp³-hybridized carbons (Fsp3) is 0.0909. The Morgan fingerprint density at radius 1 is 1.24 bits per heavy atom. The summed E-state index contributed by atoms with van der Waals surface area (Å²) in [5, 5.41) is 10.5. The van der Waals surface area contributed by atoms with Crippen LogP contribution < -0.4 is 5.73 Å². The molecule has 6 nitrogen and oxygen atoms in total. The summed E-state index contributed by atoms with van der Waals surface area (Å²) < 4.78 is 0. The van der Waals surface area contributed by atoms with Crippen molar-refractivity contribution in [3.05, 3.63) is 46.1 Å². The summed E-state index contributed by atoms with van der Waals surface area (Å²) >= 11 is 0. The average molecular weight is 230 g/mol. The van der Waals surface area contributed by atoms with Gasteiger partial charge in [0.25, 0.3) is 5.69 Å². The Hall–Kier alpha value is -2.50. The van der Waals surface area contributed by atoms with Gasteiger partial charge >= 0.3 is 0 Å². The van der Waals surface area contributed by atoms with Crippen LogP contribution in [0, 0.1) is 17.0 Å². The maximum absolute atomic E-state index is 10.5. The predicted molar refractivity (Wildman–Crippen MR) is 63.3 cm³/mol. The Kier molecular flexibility index (Phi) is 2.70. The van der Waals surface area contributed by atoms with Gasteiger partial charge in [0.15, 0.2) is 0 Å². The molecule has 0 aliphatic rings. The first-order valence-corrected chi connectivity index (χ1v) is 4.92. The van der Waals surface area contributed by atoms with Gasteiger partial charge in [-0.2, -0.15) is 0 Å². The van der Waals surface area contributed by atoms with Crippen molar-refractivity contribution < 1.29 is 4.92 Å². The molecule has 0 aliphatic carbocycles. The summed E-state index contributed by atoms with van der Waals surface area (Å²) in [4.78, 5) is 18.1. The number of nitro groups is 1. The molecule has 0 radical (unpaired) electrons. The van der Waals surface area contributed by atoms with Crippen LogP contribution in [0.15, 0.2) is 30.3 Å². The third kappa shape index (κ3) is 2.36. The maximum atomic E-state index is 10.5. The van der Waals surface area contributed by atoms with Crippen LogP contribution in [-0.4, -0.2) is 14.9 Å². The van der Waals surface area contributed by atoms with Crippen molar-refractivity contribution in [2.24, 2.45) is 0 Å². The lowest BCUT2D eigenvalue weighted by molar-refractivity contribution is -0.384. The Balaban J connectivity index is 2.43. The van der Waals surface area contributed by atoms with Gasteiger partial charge in [-0.3, -0.25) is 10.1 Å². The monoisotopic (exact) mass is 230 g/mol. The van der Waals surface area contributed by atoms with E-state index < -0.39 is 4.92 Å². The summed E-state index contributed by atoms with van der Waals surface area (Å²) in [6, 6.07) is 7.92. The van der Waals surface area contributed by atoms with Crippen molar-refractivity contribution in [2.75, 3.05) is 5.73 Å². The Morgan fingerprint density at radius 2 is 1.88 bits per heavy atom. The van der Waals surface area contributed by atoms with Gasteiger partial charge in [0, 0.05) is 23.4 Å². The molecule has 1 aromatic carbocycles. The maximum Gasteiger partial charge on any atom is 0.269 e. The van der Waals surface area contributed by atoms with Gasteiger partial charge in [0.05, 0.1) is 10.6 Å². The molecule has 0 saturated carbocycles. The number of non-ortho nitro benzene ring substituents is 1. The highest BCUT2D eigenvalue weighted by Gasteiger charge is 2.07. The van der Waals surface area contributed by atoms with E-state index in [1.807, 2.05) is 6.92 Å². The summed E-state index contributed by atoms with van der Waals surface area (Å²) in [5.41, 5.74) is 7.78. The lowest BCUT2D eigenvalue weighted by Crippen LogP contribution is -1.98. The molecular weight excluding hydrogens is 220 g/mol. The van der Waals surface area contributed by atoms with Gasteiger partial charge in [-0.25, -0.2) is 9.97 Å². The van der Waals surface area contributed by atoms with E-state index in [1.165, 1.54) is 12.1 Å². The van der Waals surface area contributed by atoms with Crippen molar-refractivity contribution in [1.82, 2.24) is 9.97 Å². The van der Waals surface area contributed by atoms with Crippen molar-refractivity contribution >= 4 is 11.6 Å². The van der Waals surface area contributed by atoms with Crippen LogP contribution in [0.25, 0.3) is 11.3 Å². The van der Waals surface area contributed by atoms with E-state index in [0.29, 0.717) is 5.69 Å². The lowest BCUT2D eigenvalue weighted by atomic mass is 10.1. The standard InChI is InChI=1S/C11H10N4O2/c1-7-6-10(14-11(12)13-7)8-2-4-9(5-3-8)15(16)17/h2-6H,1H3,(H2,12,13,14). The van der Waals surface area contributed by atoms with Crippen LogP contribution in [0.1, 0.15) is 5.69 Å². The fourth-order valence-corrected chi connectivity index (χ4v) is 1.49. The molecule has 0 atom stereocenters. The predicted octanol–water partition coefficient (Wildman–Crippen LogP) is 1.94. The van der Waals surface area contributed by atoms with E-state index in [4.69, 9.17) is 5.73 Å². The van der Waals surface area contributed by atoms with Gasteiger partial charge < -0.3 is 5.73 Å². The first kappa shape index (κ1) is 11.0. The number of nitro benzene ring substituents is 1. The minimum atomic E-state index is -0.441. The zero-order valence-corrected chi connectivity index (χ0v) is 9.12. The molecule has 0 fully saturated rings. The van der Waals surface area contributed by atoms with Crippen molar-refractivity contribution in [2.45, 2.75) is 6.92 Å². The quantitative estimate of drug-likeness (QED) is 0.628. The zero-order valence-electron chi connectivity index (χ0n) is 9.12. The number of nitrogen functional groups attached to an aromatic ring is 1. The number of rotatable bonds is 2. The molecule has 17 heavy (non-hydrogen) atoms. The zero-order chi connectivity index (χ0) is 12.4. The van der Waals surface area contributed by atoms with Gasteiger partial charge in [-0.05, 0) is 25.1 Å². The van der Waals surface area contributed by atoms with Crippen LogP contribution in [0.5, 0.6) is 0 Å². The molecule has 0 bridgehead atoms. The minimum Gasteiger partial charge on any atom is -0.368 e. The summed E-state index contributed by atoms with van der Waals surface area (Å²) in [6.45, 7) is 1.81. The van der Waals surface area contributed by atoms with Crippen molar-refractivity contribution in [3.63, 3.8) is 0 Å². The van der Waals surface area contributed by atoms with Gasteiger partial charge in [-0.15, -0.1) is 0 Å². The molecule has 0 saturated heterocycles. The Morgan fingerprint density at radius 3 is 2.41 bits per heavy atom. The van der Waals surface area contributed by atoms with Crippen LogP contribution in [0.2, 0.25) is 0 Å². The van der Waals surface area contributed by atoms with E-state index in [9.17, 15) is 10.1 Å². The van der Waals surface area contributed by atoms with E-state index in [0.717, 1.165) is 11.3 Å². The molecule has 2 rings (SSSR count). The van der Waals surface area contributed by atoms with Crippen LogP contribution >= 0.6 is 0 Å². The molecular formula is C11H10N4O2. The summed E-state index contributed by atoms with van der Waals surface area (Å²) in [6.07, 6.45) is 0. The van der Waals surface area contributed by atoms with Crippen LogP contribution in [-0.2, 0) is 0 Å². The number of benzene rings is 1. The third-order valence-corrected chi connectivity index (χ3v) is 2.25. The molecule has 1 heterocycles. The molecule has 0 spiro atoms. The average Bonchev–Trinajstić information content (AvgIpc) is 2.28. The van der Waals surface area contributed by atoms with Gasteiger partial charge in [0.1, 0.15) is 0 Å². The number of anilines is 1. The molecule has 2 aromatic rings. The first-order chi connectivity index (χ1) is 8.06. The second-order valence-corrected chi connectivity index (χ2v) is 3.56. The molecule has 6 heteroatoms. The fourth-order valence-electron chi connectivity index (χ4n) is 1.49. The topological polar surface area (TPSA) is 94.9 Å².